The third-order valence-electron chi connectivity index (χ3n) is 1.50. The quantitative estimate of drug-likeness (QED) is 0.306. The number of rotatable bonds is 7. The molecule has 0 aliphatic rings. The lowest BCUT2D eigenvalue weighted by atomic mass is 10.4. The summed E-state index contributed by atoms with van der Waals surface area (Å²) < 4.78 is 9.46. The van der Waals surface area contributed by atoms with Crippen LogP contribution in [-0.2, 0) is 14.3 Å². The molecule has 0 unspecified atom stereocenters. The second-order valence-corrected chi connectivity index (χ2v) is 3.50. The van der Waals surface area contributed by atoms with Gasteiger partial charge in [-0.25, -0.2) is 9.59 Å². The van der Waals surface area contributed by atoms with Gasteiger partial charge in [-0.15, -0.1) is 0 Å². The average Bonchev–Trinajstić information content (AvgIpc) is 2.24. The van der Waals surface area contributed by atoms with Crippen LogP contribution in [0.1, 0.15) is 13.3 Å². The molecule has 0 spiro atoms. The van der Waals surface area contributed by atoms with Crippen LogP contribution in [0.25, 0.3) is 0 Å². The normalized spacial score (nSPS) is 9.38. The Hall–Kier alpha value is -1.17. The summed E-state index contributed by atoms with van der Waals surface area (Å²) in [6, 6.07) is 0. The maximum absolute atomic E-state index is 11.0. The number of alkyl carbamates (subject to hydrolysis) is 1. The van der Waals surface area contributed by atoms with Crippen LogP contribution >= 0.6 is 12.6 Å². The molecule has 0 rings (SSSR count). The zero-order chi connectivity index (χ0) is 12.4. The number of nitrogens with one attached hydrogen (secondary N) is 1. The third kappa shape index (κ3) is 8.16. The standard InChI is InChI=1S/C10H17NO4S/c1-8(2)9(12)14-5-6-15-10(13)11-4-3-7-16/h16H,1,3-7H2,2H3,(H,11,13). The Morgan fingerprint density at radius 3 is 2.50 bits per heavy atom. The van der Waals surface area contributed by atoms with Crippen LogP contribution in [0.15, 0.2) is 12.2 Å². The molecule has 0 atom stereocenters. The first-order valence-corrected chi connectivity index (χ1v) is 5.55. The van der Waals surface area contributed by atoms with Gasteiger partial charge < -0.3 is 14.8 Å². The molecule has 0 aromatic carbocycles. The lowest BCUT2D eigenvalue weighted by molar-refractivity contribution is -0.139. The summed E-state index contributed by atoms with van der Waals surface area (Å²) in [5.74, 6) is 0.218. The number of esters is 1. The van der Waals surface area contributed by atoms with Gasteiger partial charge >= 0.3 is 12.1 Å². The zero-order valence-electron chi connectivity index (χ0n) is 9.32. The molecule has 16 heavy (non-hydrogen) atoms. The molecule has 6 heteroatoms. The minimum Gasteiger partial charge on any atom is -0.459 e. The van der Waals surface area contributed by atoms with Gasteiger partial charge in [-0.2, -0.15) is 12.6 Å². The number of carbonyl (C=O) groups excluding carboxylic acids is 2. The molecular formula is C10H17NO4S. The first-order valence-electron chi connectivity index (χ1n) is 4.92. The van der Waals surface area contributed by atoms with Gasteiger partial charge in [-0.3, -0.25) is 0 Å². The van der Waals surface area contributed by atoms with Crippen LogP contribution in [0.2, 0.25) is 0 Å². The van der Waals surface area contributed by atoms with Crippen LogP contribution < -0.4 is 5.32 Å². The Labute approximate surface area is 101 Å². The molecule has 1 amide bonds. The van der Waals surface area contributed by atoms with E-state index < -0.39 is 12.1 Å². The van der Waals surface area contributed by atoms with Crippen LogP contribution in [0.3, 0.4) is 0 Å². The Bertz CT molecular complexity index is 255. The van der Waals surface area contributed by atoms with Gasteiger partial charge in [-0.05, 0) is 19.1 Å². The van der Waals surface area contributed by atoms with Crippen molar-refractivity contribution < 1.29 is 19.1 Å². The molecule has 0 saturated carbocycles. The van der Waals surface area contributed by atoms with E-state index in [4.69, 9.17) is 9.47 Å². The van der Waals surface area contributed by atoms with Crippen molar-refractivity contribution in [1.82, 2.24) is 5.32 Å². The van der Waals surface area contributed by atoms with Gasteiger partial charge in [0, 0.05) is 12.1 Å². The summed E-state index contributed by atoms with van der Waals surface area (Å²) in [5, 5.41) is 2.53. The van der Waals surface area contributed by atoms with E-state index in [0.29, 0.717) is 17.9 Å². The molecular weight excluding hydrogens is 230 g/mol. The number of ether oxygens (including phenoxy) is 2. The summed E-state index contributed by atoms with van der Waals surface area (Å²) in [5.41, 5.74) is 0.318. The number of amides is 1. The fourth-order valence-electron chi connectivity index (χ4n) is 0.712. The lowest BCUT2D eigenvalue weighted by Gasteiger charge is -2.07. The highest BCUT2D eigenvalue weighted by molar-refractivity contribution is 7.80. The smallest absolute Gasteiger partial charge is 0.407 e. The fourth-order valence-corrected chi connectivity index (χ4v) is 0.871. The number of carbonyl (C=O) groups is 2. The molecule has 0 fully saturated rings. The van der Waals surface area contributed by atoms with Crippen molar-refractivity contribution in [2.45, 2.75) is 13.3 Å². The van der Waals surface area contributed by atoms with Gasteiger partial charge in [0.1, 0.15) is 13.2 Å². The Kier molecular flexibility index (Phi) is 8.42. The summed E-state index contributed by atoms with van der Waals surface area (Å²) in [6.07, 6.45) is 0.260. The highest BCUT2D eigenvalue weighted by Gasteiger charge is 2.04. The van der Waals surface area contributed by atoms with E-state index in [1.807, 2.05) is 0 Å². The number of hydrogen-bond donors (Lipinski definition) is 2. The largest absolute Gasteiger partial charge is 0.459 e. The van der Waals surface area contributed by atoms with E-state index in [1.54, 1.807) is 6.92 Å². The summed E-state index contributed by atoms with van der Waals surface area (Å²) >= 11 is 3.99. The predicted octanol–water partition coefficient (Wildman–Crippen LogP) is 1.15. The first kappa shape index (κ1) is 14.8. The number of hydrogen-bond acceptors (Lipinski definition) is 5. The SMILES string of the molecule is C=C(C)C(=O)OCCOC(=O)NCCCS. The highest BCUT2D eigenvalue weighted by atomic mass is 32.1. The van der Waals surface area contributed by atoms with Crippen molar-refractivity contribution in [1.29, 1.82) is 0 Å². The number of thiol groups is 1. The van der Waals surface area contributed by atoms with Crippen LogP contribution in [0, 0.1) is 0 Å². The van der Waals surface area contributed by atoms with Gasteiger partial charge in [0.25, 0.3) is 0 Å². The third-order valence-corrected chi connectivity index (χ3v) is 1.82. The van der Waals surface area contributed by atoms with Gasteiger partial charge in [0.05, 0.1) is 0 Å². The summed E-state index contributed by atoms with van der Waals surface area (Å²) in [6.45, 7) is 5.55. The lowest BCUT2D eigenvalue weighted by Crippen LogP contribution is -2.27. The first-order chi connectivity index (χ1) is 7.57. The van der Waals surface area contributed by atoms with Crippen molar-refractivity contribution in [2.75, 3.05) is 25.5 Å². The molecule has 92 valence electrons. The monoisotopic (exact) mass is 247 g/mol. The van der Waals surface area contributed by atoms with Crippen molar-refractivity contribution in [2.24, 2.45) is 0 Å². The molecule has 0 aromatic rings. The maximum Gasteiger partial charge on any atom is 0.407 e. The van der Waals surface area contributed by atoms with Crippen LogP contribution in [-0.4, -0.2) is 37.6 Å². The zero-order valence-corrected chi connectivity index (χ0v) is 10.2. The van der Waals surface area contributed by atoms with E-state index in [9.17, 15) is 9.59 Å². The van der Waals surface area contributed by atoms with Gasteiger partial charge in [0.2, 0.25) is 0 Å². The van der Waals surface area contributed by atoms with Crippen molar-refractivity contribution in [3.8, 4) is 0 Å². The Morgan fingerprint density at radius 2 is 1.94 bits per heavy atom. The van der Waals surface area contributed by atoms with Crippen molar-refractivity contribution in [3.63, 3.8) is 0 Å². The van der Waals surface area contributed by atoms with Gasteiger partial charge in [0.15, 0.2) is 0 Å². The molecule has 0 radical (unpaired) electrons. The second-order valence-electron chi connectivity index (χ2n) is 3.06. The summed E-state index contributed by atoms with van der Waals surface area (Å²) in [4.78, 5) is 21.9. The maximum atomic E-state index is 11.0. The molecule has 0 saturated heterocycles. The second kappa shape index (κ2) is 9.08. The van der Waals surface area contributed by atoms with Crippen molar-refractivity contribution >= 4 is 24.7 Å². The fraction of sp³-hybridized carbons (Fsp3) is 0.600. The molecule has 0 bridgehead atoms. The molecule has 0 aromatic heterocycles. The average molecular weight is 247 g/mol. The topological polar surface area (TPSA) is 64.6 Å². The highest BCUT2D eigenvalue weighted by Crippen LogP contribution is 1.91. The molecule has 5 nitrogen and oxygen atoms in total. The molecule has 0 aliphatic carbocycles. The Balaban J connectivity index is 3.41. The van der Waals surface area contributed by atoms with Gasteiger partial charge in [-0.1, -0.05) is 6.58 Å². The van der Waals surface area contributed by atoms with Crippen LogP contribution in [0.5, 0.6) is 0 Å². The molecule has 0 heterocycles. The van der Waals surface area contributed by atoms with E-state index >= 15 is 0 Å². The van der Waals surface area contributed by atoms with Crippen LogP contribution in [0.4, 0.5) is 4.79 Å². The van der Waals surface area contributed by atoms with Crippen molar-refractivity contribution in [3.05, 3.63) is 12.2 Å². The Morgan fingerprint density at radius 1 is 1.31 bits per heavy atom. The minimum atomic E-state index is -0.520. The minimum absolute atomic E-state index is 0.0334. The van der Waals surface area contributed by atoms with E-state index in [-0.39, 0.29) is 13.2 Å². The van der Waals surface area contributed by atoms with E-state index in [2.05, 4.69) is 24.5 Å². The van der Waals surface area contributed by atoms with E-state index in [0.717, 1.165) is 6.42 Å². The summed E-state index contributed by atoms with van der Waals surface area (Å²) in [7, 11) is 0. The van der Waals surface area contributed by atoms with E-state index in [1.165, 1.54) is 0 Å². The molecule has 1 N–H and O–H groups in total. The predicted molar refractivity (Wildman–Crippen MR) is 63.6 cm³/mol. The molecule has 0 aliphatic heterocycles.